The Morgan fingerprint density at radius 2 is 2.06 bits per heavy atom. The van der Waals surface area contributed by atoms with E-state index in [0.717, 1.165) is 5.69 Å². The van der Waals surface area contributed by atoms with Gasteiger partial charge in [-0.3, -0.25) is 4.79 Å². The molecule has 0 aliphatic heterocycles. The molecule has 4 nitrogen and oxygen atoms in total. The van der Waals surface area contributed by atoms with Crippen LogP contribution in [0.4, 0.5) is 0 Å². The zero-order chi connectivity index (χ0) is 12.5. The Labute approximate surface area is 96.5 Å². The van der Waals surface area contributed by atoms with E-state index in [4.69, 9.17) is 5.73 Å². The number of nitrogens with zero attached hydrogens (tertiary/aromatic N) is 2. The second kappa shape index (κ2) is 4.37. The molecule has 0 aliphatic rings. The highest BCUT2D eigenvalue weighted by molar-refractivity contribution is 5.21. The van der Waals surface area contributed by atoms with Crippen molar-refractivity contribution in [3.8, 4) is 0 Å². The van der Waals surface area contributed by atoms with Gasteiger partial charge >= 0.3 is 0 Å². The monoisotopic (exact) mass is 223 g/mol. The average Bonchev–Trinajstić information content (AvgIpc) is 2.15. The summed E-state index contributed by atoms with van der Waals surface area (Å²) in [6.45, 7) is 10.5. The van der Waals surface area contributed by atoms with Crippen LogP contribution in [-0.2, 0) is 12.0 Å². The van der Waals surface area contributed by atoms with Crippen molar-refractivity contribution in [3.05, 3.63) is 27.7 Å². The molecule has 2 N–H and O–H groups in total. The fraction of sp³-hybridized carbons (Fsp3) is 0.667. The zero-order valence-electron chi connectivity index (χ0n) is 10.7. The molecule has 0 aliphatic carbocycles. The average molecular weight is 223 g/mol. The standard InChI is InChI=1S/C12H21N3O/c1-6-15-11(16)9(8(2)13)7-10(14-15)12(3,4)5/h7-8H,6,13H2,1-5H3. The van der Waals surface area contributed by atoms with Crippen molar-refractivity contribution >= 4 is 0 Å². The van der Waals surface area contributed by atoms with Crippen molar-refractivity contribution in [2.45, 2.75) is 52.6 Å². The Morgan fingerprint density at radius 3 is 2.44 bits per heavy atom. The van der Waals surface area contributed by atoms with Crippen LogP contribution in [0.5, 0.6) is 0 Å². The first-order valence-electron chi connectivity index (χ1n) is 5.65. The summed E-state index contributed by atoms with van der Waals surface area (Å²) in [5.74, 6) is 0. The molecule has 4 heteroatoms. The van der Waals surface area contributed by atoms with E-state index < -0.39 is 0 Å². The lowest BCUT2D eigenvalue weighted by molar-refractivity contribution is 0.503. The number of hydrogen-bond acceptors (Lipinski definition) is 3. The third kappa shape index (κ3) is 2.50. The predicted octanol–water partition coefficient (Wildman–Crippen LogP) is 1.58. The fourth-order valence-corrected chi connectivity index (χ4v) is 1.47. The highest BCUT2D eigenvalue weighted by atomic mass is 16.1. The third-order valence-corrected chi connectivity index (χ3v) is 2.56. The van der Waals surface area contributed by atoms with Gasteiger partial charge in [-0.1, -0.05) is 20.8 Å². The molecular formula is C12H21N3O. The van der Waals surface area contributed by atoms with Gasteiger partial charge in [0.25, 0.3) is 5.56 Å². The van der Waals surface area contributed by atoms with Crippen molar-refractivity contribution in [1.82, 2.24) is 9.78 Å². The molecule has 90 valence electrons. The van der Waals surface area contributed by atoms with E-state index in [9.17, 15) is 4.79 Å². The van der Waals surface area contributed by atoms with Crippen LogP contribution in [0.15, 0.2) is 10.9 Å². The third-order valence-electron chi connectivity index (χ3n) is 2.56. The Hall–Kier alpha value is -1.16. The minimum Gasteiger partial charge on any atom is -0.324 e. The molecular weight excluding hydrogens is 202 g/mol. The van der Waals surface area contributed by atoms with Crippen LogP contribution in [0, 0.1) is 0 Å². The molecule has 0 saturated carbocycles. The Morgan fingerprint density at radius 1 is 1.50 bits per heavy atom. The lowest BCUT2D eigenvalue weighted by Gasteiger charge is -2.20. The molecule has 16 heavy (non-hydrogen) atoms. The maximum atomic E-state index is 11.9. The minimum atomic E-state index is -0.255. The summed E-state index contributed by atoms with van der Waals surface area (Å²) in [7, 11) is 0. The molecule has 0 saturated heterocycles. The number of aromatic nitrogens is 2. The lowest BCUT2D eigenvalue weighted by Crippen LogP contribution is -2.32. The van der Waals surface area contributed by atoms with Crippen LogP contribution in [0.25, 0.3) is 0 Å². The molecule has 0 spiro atoms. The molecule has 0 bridgehead atoms. The van der Waals surface area contributed by atoms with Crippen LogP contribution < -0.4 is 11.3 Å². The van der Waals surface area contributed by atoms with Gasteiger partial charge in [-0.15, -0.1) is 0 Å². The second-order valence-electron chi connectivity index (χ2n) is 5.14. The number of aryl methyl sites for hydroxylation is 1. The van der Waals surface area contributed by atoms with Crippen LogP contribution in [0.2, 0.25) is 0 Å². The Bertz CT molecular complexity index is 427. The van der Waals surface area contributed by atoms with Gasteiger partial charge in [0.2, 0.25) is 0 Å². The zero-order valence-corrected chi connectivity index (χ0v) is 10.7. The van der Waals surface area contributed by atoms with Gasteiger partial charge in [0.05, 0.1) is 5.69 Å². The smallest absolute Gasteiger partial charge is 0.271 e. The van der Waals surface area contributed by atoms with Crippen molar-refractivity contribution in [1.29, 1.82) is 0 Å². The van der Waals surface area contributed by atoms with Crippen LogP contribution in [0.3, 0.4) is 0 Å². The maximum Gasteiger partial charge on any atom is 0.271 e. The first-order chi connectivity index (χ1) is 7.27. The SMILES string of the molecule is CCn1nc(C(C)(C)C)cc(C(C)N)c1=O. The van der Waals surface area contributed by atoms with Crippen molar-refractivity contribution < 1.29 is 0 Å². The van der Waals surface area contributed by atoms with E-state index in [1.165, 1.54) is 4.68 Å². The number of nitrogens with two attached hydrogens (primary N) is 1. The van der Waals surface area contributed by atoms with E-state index in [-0.39, 0.29) is 17.0 Å². The largest absolute Gasteiger partial charge is 0.324 e. The van der Waals surface area contributed by atoms with Crippen molar-refractivity contribution in [2.24, 2.45) is 5.73 Å². The maximum absolute atomic E-state index is 11.9. The molecule has 1 aromatic heterocycles. The summed E-state index contributed by atoms with van der Waals surface area (Å²) in [6.07, 6.45) is 0. The van der Waals surface area contributed by atoms with Crippen molar-refractivity contribution in [2.75, 3.05) is 0 Å². The molecule has 0 aromatic carbocycles. The summed E-state index contributed by atoms with van der Waals surface area (Å²) >= 11 is 0. The summed E-state index contributed by atoms with van der Waals surface area (Å²) < 4.78 is 1.49. The molecule has 0 fully saturated rings. The fourth-order valence-electron chi connectivity index (χ4n) is 1.47. The van der Waals surface area contributed by atoms with Gasteiger partial charge in [0, 0.05) is 23.6 Å². The highest BCUT2D eigenvalue weighted by Gasteiger charge is 2.20. The van der Waals surface area contributed by atoms with E-state index >= 15 is 0 Å². The molecule has 1 heterocycles. The summed E-state index contributed by atoms with van der Waals surface area (Å²) in [6, 6.07) is 1.58. The topological polar surface area (TPSA) is 60.9 Å². The molecule has 0 radical (unpaired) electrons. The van der Waals surface area contributed by atoms with E-state index in [1.807, 2.05) is 19.9 Å². The first kappa shape index (κ1) is 12.9. The van der Waals surface area contributed by atoms with Gasteiger partial charge in [0.1, 0.15) is 0 Å². The van der Waals surface area contributed by atoms with E-state index in [0.29, 0.717) is 12.1 Å². The van der Waals surface area contributed by atoms with E-state index in [1.54, 1.807) is 0 Å². The number of hydrogen-bond donors (Lipinski definition) is 1. The molecule has 1 unspecified atom stereocenters. The van der Waals surface area contributed by atoms with Crippen LogP contribution in [0.1, 0.15) is 51.9 Å². The minimum absolute atomic E-state index is 0.0751. The number of rotatable bonds is 2. The second-order valence-corrected chi connectivity index (χ2v) is 5.14. The van der Waals surface area contributed by atoms with E-state index in [2.05, 4.69) is 25.9 Å². The summed E-state index contributed by atoms with van der Waals surface area (Å²) in [5.41, 5.74) is 7.20. The van der Waals surface area contributed by atoms with Gasteiger partial charge in [-0.2, -0.15) is 5.10 Å². The first-order valence-corrected chi connectivity index (χ1v) is 5.65. The van der Waals surface area contributed by atoms with Crippen LogP contribution in [-0.4, -0.2) is 9.78 Å². The van der Waals surface area contributed by atoms with Gasteiger partial charge in [0.15, 0.2) is 0 Å². The Balaban J connectivity index is 3.47. The highest BCUT2D eigenvalue weighted by Crippen LogP contribution is 2.20. The Kier molecular flexibility index (Phi) is 3.53. The van der Waals surface area contributed by atoms with Gasteiger partial charge < -0.3 is 5.73 Å². The molecule has 1 rings (SSSR count). The predicted molar refractivity (Wildman–Crippen MR) is 65.5 cm³/mol. The van der Waals surface area contributed by atoms with Crippen LogP contribution >= 0.6 is 0 Å². The molecule has 1 aromatic rings. The molecule has 0 amide bonds. The van der Waals surface area contributed by atoms with Crippen molar-refractivity contribution in [3.63, 3.8) is 0 Å². The van der Waals surface area contributed by atoms with Gasteiger partial charge in [-0.25, -0.2) is 4.68 Å². The quantitative estimate of drug-likeness (QED) is 0.828. The normalized spacial score (nSPS) is 13.9. The van der Waals surface area contributed by atoms with Gasteiger partial charge in [-0.05, 0) is 19.9 Å². The molecule has 1 atom stereocenters. The lowest BCUT2D eigenvalue weighted by atomic mass is 9.90. The summed E-state index contributed by atoms with van der Waals surface area (Å²) in [4.78, 5) is 11.9. The summed E-state index contributed by atoms with van der Waals surface area (Å²) in [5, 5.41) is 4.35.